The lowest BCUT2D eigenvalue weighted by Gasteiger charge is -2.44. The maximum Gasteiger partial charge on any atom is 0.246 e. The van der Waals surface area contributed by atoms with Crippen molar-refractivity contribution in [3.63, 3.8) is 0 Å². The number of piperazine rings is 1. The molecule has 0 bridgehead atoms. The molecular formula is C13H22N2O3. The first-order chi connectivity index (χ1) is 8.48. The minimum absolute atomic E-state index is 0.0450. The number of hydrogen-bond donors (Lipinski definition) is 1. The SMILES string of the molecule is COCCCN1C(=O)C(C2CC2)NC(=O)C1(C)C. The summed E-state index contributed by atoms with van der Waals surface area (Å²) in [7, 11) is 1.64. The number of amides is 2. The molecule has 1 saturated heterocycles. The molecular weight excluding hydrogens is 232 g/mol. The maximum atomic E-state index is 12.4. The Bertz CT molecular complexity index is 350. The second-order valence-electron chi connectivity index (χ2n) is 5.68. The van der Waals surface area contributed by atoms with Gasteiger partial charge in [0, 0.05) is 20.3 Å². The number of nitrogens with zero attached hydrogens (tertiary/aromatic N) is 1. The quantitative estimate of drug-likeness (QED) is 0.728. The van der Waals surface area contributed by atoms with Gasteiger partial charge >= 0.3 is 0 Å². The molecule has 0 spiro atoms. The molecule has 1 aliphatic carbocycles. The summed E-state index contributed by atoms with van der Waals surface area (Å²) in [6, 6.07) is -0.298. The van der Waals surface area contributed by atoms with Gasteiger partial charge in [-0.05, 0) is 39.0 Å². The largest absolute Gasteiger partial charge is 0.385 e. The van der Waals surface area contributed by atoms with Crippen LogP contribution in [0.3, 0.4) is 0 Å². The highest BCUT2D eigenvalue weighted by Gasteiger charge is 2.50. The molecule has 1 saturated carbocycles. The van der Waals surface area contributed by atoms with Crippen molar-refractivity contribution in [2.24, 2.45) is 5.92 Å². The van der Waals surface area contributed by atoms with E-state index in [1.54, 1.807) is 25.9 Å². The highest BCUT2D eigenvalue weighted by atomic mass is 16.5. The van der Waals surface area contributed by atoms with Crippen LogP contribution in [0.2, 0.25) is 0 Å². The fourth-order valence-electron chi connectivity index (χ4n) is 2.45. The van der Waals surface area contributed by atoms with Crippen LogP contribution in [0.5, 0.6) is 0 Å². The molecule has 1 aliphatic heterocycles. The zero-order valence-corrected chi connectivity index (χ0v) is 11.4. The third kappa shape index (κ3) is 2.36. The van der Waals surface area contributed by atoms with Crippen molar-refractivity contribution >= 4 is 11.8 Å². The summed E-state index contributed by atoms with van der Waals surface area (Å²) in [5.41, 5.74) is -0.754. The fourth-order valence-corrected chi connectivity index (χ4v) is 2.45. The van der Waals surface area contributed by atoms with Crippen LogP contribution in [-0.2, 0) is 14.3 Å². The van der Waals surface area contributed by atoms with Gasteiger partial charge in [0.05, 0.1) is 0 Å². The van der Waals surface area contributed by atoms with E-state index in [0.29, 0.717) is 19.1 Å². The Hall–Kier alpha value is -1.10. The summed E-state index contributed by atoms with van der Waals surface area (Å²) < 4.78 is 5.01. The minimum atomic E-state index is -0.754. The van der Waals surface area contributed by atoms with Gasteiger partial charge in [-0.25, -0.2) is 0 Å². The average Bonchev–Trinajstić information content (AvgIpc) is 3.12. The smallest absolute Gasteiger partial charge is 0.246 e. The molecule has 0 aromatic carbocycles. The second-order valence-corrected chi connectivity index (χ2v) is 5.68. The van der Waals surface area contributed by atoms with Gasteiger partial charge in [-0.3, -0.25) is 9.59 Å². The van der Waals surface area contributed by atoms with Crippen LogP contribution in [0.1, 0.15) is 33.1 Å². The van der Waals surface area contributed by atoms with Crippen molar-refractivity contribution in [2.75, 3.05) is 20.3 Å². The first kappa shape index (κ1) is 13.3. The van der Waals surface area contributed by atoms with Crippen LogP contribution in [-0.4, -0.2) is 48.6 Å². The molecule has 1 heterocycles. The van der Waals surface area contributed by atoms with Crippen molar-refractivity contribution in [3.05, 3.63) is 0 Å². The van der Waals surface area contributed by atoms with Crippen molar-refractivity contribution in [3.8, 4) is 0 Å². The summed E-state index contributed by atoms with van der Waals surface area (Å²) in [5.74, 6) is 0.372. The van der Waals surface area contributed by atoms with Crippen LogP contribution >= 0.6 is 0 Å². The molecule has 0 radical (unpaired) electrons. The first-order valence-corrected chi connectivity index (χ1v) is 6.60. The monoisotopic (exact) mass is 254 g/mol. The van der Waals surface area contributed by atoms with Gasteiger partial charge in [0.2, 0.25) is 11.8 Å². The van der Waals surface area contributed by atoms with Gasteiger partial charge in [-0.15, -0.1) is 0 Å². The maximum absolute atomic E-state index is 12.4. The van der Waals surface area contributed by atoms with E-state index in [0.717, 1.165) is 19.3 Å². The van der Waals surface area contributed by atoms with Crippen molar-refractivity contribution in [2.45, 2.75) is 44.7 Å². The Morgan fingerprint density at radius 3 is 2.61 bits per heavy atom. The van der Waals surface area contributed by atoms with Crippen LogP contribution in [0, 0.1) is 5.92 Å². The molecule has 2 amide bonds. The van der Waals surface area contributed by atoms with E-state index in [2.05, 4.69) is 5.32 Å². The molecule has 18 heavy (non-hydrogen) atoms. The van der Waals surface area contributed by atoms with Crippen molar-refractivity contribution in [1.29, 1.82) is 0 Å². The minimum Gasteiger partial charge on any atom is -0.385 e. The Labute approximate surface area is 108 Å². The molecule has 0 aromatic rings. The standard InChI is InChI=1S/C13H22N2O3/c1-13(2)12(17)14-10(9-5-6-9)11(16)15(13)7-4-8-18-3/h9-10H,4-8H2,1-3H3,(H,14,17). The van der Waals surface area contributed by atoms with Gasteiger partial charge in [-0.1, -0.05) is 0 Å². The van der Waals surface area contributed by atoms with Gasteiger partial charge in [-0.2, -0.15) is 0 Å². The van der Waals surface area contributed by atoms with Crippen LogP contribution < -0.4 is 5.32 Å². The highest BCUT2D eigenvalue weighted by Crippen LogP contribution is 2.36. The molecule has 2 fully saturated rings. The Kier molecular flexibility index (Phi) is 3.61. The van der Waals surface area contributed by atoms with Gasteiger partial charge in [0.15, 0.2) is 0 Å². The molecule has 1 atom stereocenters. The lowest BCUT2D eigenvalue weighted by molar-refractivity contribution is -0.156. The third-order valence-electron chi connectivity index (χ3n) is 3.87. The zero-order valence-electron chi connectivity index (χ0n) is 11.4. The second kappa shape index (κ2) is 4.88. The number of hydrogen-bond acceptors (Lipinski definition) is 3. The van der Waals surface area contributed by atoms with E-state index in [9.17, 15) is 9.59 Å². The van der Waals surface area contributed by atoms with Crippen LogP contribution in [0.15, 0.2) is 0 Å². The number of ether oxygens (including phenoxy) is 1. The lowest BCUT2D eigenvalue weighted by atomic mass is 9.94. The Morgan fingerprint density at radius 1 is 1.39 bits per heavy atom. The zero-order chi connectivity index (χ0) is 13.3. The summed E-state index contributed by atoms with van der Waals surface area (Å²) in [5, 5.41) is 2.88. The summed E-state index contributed by atoms with van der Waals surface area (Å²) in [4.78, 5) is 26.3. The molecule has 2 aliphatic rings. The Morgan fingerprint density at radius 2 is 2.06 bits per heavy atom. The molecule has 5 heteroatoms. The number of carbonyl (C=O) groups excluding carboxylic acids is 2. The van der Waals surface area contributed by atoms with Crippen LogP contribution in [0.25, 0.3) is 0 Å². The highest BCUT2D eigenvalue weighted by molar-refractivity contribution is 5.99. The lowest BCUT2D eigenvalue weighted by Crippen LogP contribution is -2.69. The molecule has 0 aromatic heterocycles. The predicted molar refractivity (Wildman–Crippen MR) is 66.9 cm³/mol. The van der Waals surface area contributed by atoms with E-state index in [-0.39, 0.29) is 17.9 Å². The molecule has 1 N–H and O–H groups in total. The van der Waals surface area contributed by atoms with E-state index < -0.39 is 5.54 Å². The molecule has 2 rings (SSSR count). The topological polar surface area (TPSA) is 58.6 Å². The number of rotatable bonds is 5. The summed E-state index contributed by atoms with van der Waals surface area (Å²) in [6.07, 6.45) is 2.85. The number of methoxy groups -OCH3 is 1. The molecule has 102 valence electrons. The third-order valence-corrected chi connectivity index (χ3v) is 3.87. The predicted octanol–water partition coefficient (Wildman–Crippen LogP) is 0.538. The van der Waals surface area contributed by atoms with E-state index >= 15 is 0 Å². The van der Waals surface area contributed by atoms with E-state index in [4.69, 9.17) is 4.74 Å². The Balaban J connectivity index is 2.09. The fraction of sp³-hybridized carbons (Fsp3) is 0.846. The average molecular weight is 254 g/mol. The van der Waals surface area contributed by atoms with E-state index in [1.165, 1.54) is 0 Å². The van der Waals surface area contributed by atoms with E-state index in [1.807, 2.05) is 0 Å². The normalized spacial score (nSPS) is 27.3. The van der Waals surface area contributed by atoms with Crippen molar-refractivity contribution in [1.82, 2.24) is 10.2 Å². The van der Waals surface area contributed by atoms with Gasteiger partial charge in [0.25, 0.3) is 0 Å². The summed E-state index contributed by atoms with van der Waals surface area (Å²) >= 11 is 0. The summed E-state index contributed by atoms with van der Waals surface area (Å²) in [6.45, 7) is 4.79. The van der Waals surface area contributed by atoms with Crippen LogP contribution in [0.4, 0.5) is 0 Å². The molecule has 5 nitrogen and oxygen atoms in total. The first-order valence-electron chi connectivity index (χ1n) is 6.60. The van der Waals surface area contributed by atoms with Gasteiger partial charge < -0.3 is 15.0 Å². The number of carbonyl (C=O) groups is 2. The number of nitrogens with one attached hydrogen (secondary N) is 1. The molecule has 1 unspecified atom stereocenters. The van der Waals surface area contributed by atoms with Crippen molar-refractivity contribution < 1.29 is 14.3 Å². The van der Waals surface area contributed by atoms with Gasteiger partial charge in [0.1, 0.15) is 11.6 Å².